The third-order valence-electron chi connectivity index (χ3n) is 9.25. The summed E-state index contributed by atoms with van der Waals surface area (Å²) in [6.45, 7) is 6.63. The van der Waals surface area contributed by atoms with E-state index in [-0.39, 0.29) is 28.9 Å². The lowest BCUT2D eigenvalue weighted by Gasteiger charge is -2.44. The van der Waals surface area contributed by atoms with E-state index in [0.717, 1.165) is 57.1 Å². The average molecular weight is 624 g/mol. The number of hydrogen-bond acceptors (Lipinski definition) is 8. The van der Waals surface area contributed by atoms with Crippen molar-refractivity contribution in [2.45, 2.75) is 25.3 Å². The highest BCUT2D eigenvalue weighted by Gasteiger charge is 2.35. The maximum atomic E-state index is 13.6. The molecule has 4 aromatic rings. The summed E-state index contributed by atoms with van der Waals surface area (Å²) in [4.78, 5) is 56.8. The van der Waals surface area contributed by atoms with E-state index in [1.54, 1.807) is 36.4 Å². The average Bonchev–Trinajstić information content (AvgIpc) is 3.07. The zero-order valence-corrected chi connectivity index (χ0v) is 25.6. The van der Waals surface area contributed by atoms with Crippen molar-refractivity contribution < 1.29 is 18.7 Å². The van der Waals surface area contributed by atoms with Crippen molar-refractivity contribution in [3.05, 3.63) is 104 Å². The van der Waals surface area contributed by atoms with E-state index >= 15 is 0 Å². The van der Waals surface area contributed by atoms with Gasteiger partial charge in [-0.2, -0.15) is 0 Å². The molecule has 46 heavy (non-hydrogen) atoms. The van der Waals surface area contributed by atoms with Crippen LogP contribution in [0.15, 0.2) is 80.7 Å². The predicted molar refractivity (Wildman–Crippen MR) is 175 cm³/mol. The van der Waals surface area contributed by atoms with Crippen LogP contribution in [0.5, 0.6) is 0 Å². The zero-order chi connectivity index (χ0) is 31.6. The molecule has 2 amide bonds. The summed E-state index contributed by atoms with van der Waals surface area (Å²) in [6, 6.07) is 19.3. The standard InChI is InChI=1S/C35H37N5O6/c41-32-8-3-6-29-26-17-23(21-40(29)32)20-39(22-26)30-10-9-25(33(42)36-11-4-12-38-13-15-45-16-14-38)19-28(30)37-34(43)27-18-24-5-1-2-7-31(24)46-35(27)44/h1-3,5-10,18-19,23,26H,4,11-17,20-22H2,(H,36,42)(H,37,43)/t23-,26+/m1/s1. The van der Waals surface area contributed by atoms with Gasteiger partial charge in [0.1, 0.15) is 11.1 Å². The molecule has 7 rings (SSSR count). The van der Waals surface area contributed by atoms with Crippen molar-refractivity contribution in [3.63, 3.8) is 0 Å². The highest BCUT2D eigenvalue weighted by atomic mass is 16.5. The molecule has 0 saturated carbocycles. The van der Waals surface area contributed by atoms with E-state index in [0.29, 0.717) is 48.4 Å². The highest BCUT2D eigenvalue weighted by Crippen LogP contribution is 2.39. The van der Waals surface area contributed by atoms with Gasteiger partial charge in [0.25, 0.3) is 17.4 Å². The van der Waals surface area contributed by atoms with E-state index in [1.165, 1.54) is 6.07 Å². The molecular formula is C35H37N5O6. The lowest BCUT2D eigenvalue weighted by atomic mass is 9.83. The number of aromatic nitrogens is 1. The topological polar surface area (TPSA) is 126 Å². The van der Waals surface area contributed by atoms with E-state index in [1.807, 2.05) is 28.8 Å². The van der Waals surface area contributed by atoms with Crippen molar-refractivity contribution in [2.75, 3.05) is 62.7 Å². The largest absolute Gasteiger partial charge is 0.422 e. The van der Waals surface area contributed by atoms with Crippen LogP contribution in [0.1, 0.15) is 45.2 Å². The minimum atomic E-state index is -0.735. The van der Waals surface area contributed by atoms with Gasteiger partial charge in [0, 0.05) is 67.9 Å². The summed E-state index contributed by atoms with van der Waals surface area (Å²) >= 11 is 0. The van der Waals surface area contributed by atoms with Gasteiger partial charge in [-0.05, 0) is 61.7 Å². The number of para-hydroxylation sites is 1. The molecule has 2 aromatic carbocycles. The second-order valence-corrected chi connectivity index (χ2v) is 12.3. The SMILES string of the molecule is O=C(NCCCN1CCOCC1)c1ccc(N2C[C@H]3C[C@@H](C2)c2cccc(=O)n2C3)c(NC(=O)c2cc3ccccc3oc2=O)c1. The van der Waals surface area contributed by atoms with Crippen LogP contribution in [-0.2, 0) is 11.3 Å². The Bertz CT molecular complexity index is 1890. The van der Waals surface area contributed by atoms with Crippen LogP contribution in [0, 0.1) is 5.92 Å². The number of piperidine rings is 1. The number of hydrogen-bond donors (Lipinski definition) is 2. The molecule has 0 aliphatic carbocycles. The number of morpholine rings is 1. The molecule has 2 fully saturated rings. The lowest BCUT2D eigenvalue weighted by Crippen LogP contribution is -2.47. The first-order valence-corrected chi connectivity index (χ1v) is 15.9. The zero-order valence-electron chi connectivity index (χ0n) is 25.6. The first-order chi connectivity index (χ1) is 22.4. The maximum Gasteiger partial charge on any atom is 0.349 e. The molecule has 2 bridgehead atoms. The van der Waals surface area contributed by atoms with Gasteiger partial charge in [0.2, 0.25) is 0 Å². The van der Waals surface area contributed by atoms with Crippen molar-refractivity contribution >= 4 is 34.2 Å². The van der Waals surface area contributed by atoms with Crippen LogP contribution >= 0.6 is 0 Å². The first kappa shape index (κ1) is 29.9. The van der Waals surface area contributed by atoms with Crippen molar-refractivity contribution in [2.24, 2.45) is 5.92 Å². The Morgan fingerprint density at radius 2 is 1.74 bits per heavy atom. The minimum Gasteiger partial charge on any atom is -0.422 e. The Kier molecular flexibility index (Phi) is 8.42. The molecule has 2 aromatic heterocycles. The smallest absolute Gasteiger partial charge is 0.349 e. The summed E-state index contributed by atoms with van der Waals surface area (Å²) in [5.41, 5.74) is 2.17. The maximum absolute atomic E-state index is 13.6. The normalized spacial score (nSPS) is 19.4. The van der Waals surface area contributed by atoms with Crippen LogP contribution in [0.4, 0.5) is 11.4 Å². The molecule has 3 aliphatic heterocycles. The molecule has 3 aliphatic rings. The number of carbonyl (C=O) groups excluding carboxylic acids is 2. The number of nitrogens with one attached hydrogen (secondary N) is 2. The van der Waals surface area contributed by atoms with Gasteiger partial charge in [0.05, 0.1) is 24.6 Å². The Labute approximate surface area is 265 Å². The number of pyridine rings is 1. The Morgan fingerprint density at radius 1 is 0.891 bits per heavy atom. The van der Waals surface area contributed by atoms with Gasteiger partial charge >= 0.3 is 5.63 Å². The predicted octanol–water partition coefficient (Wildman–Crippen LogP) is 3.28. The summed E-state index contributed by atoms with van der Waals surface area (Å²) < 4.78 is 12.7. The molecule has 0 radical (unpaired) electrons. The highest BCUT2D eigenvalue weighted by molar-refractivity contribution is 6.08. The molecule has 2 N–H and O–H groups in total. The second-order valence-electron chi connectivity index (χ2n) is 12.3. The van der Waals surface area contributed by atoms with Crippen molar-refractivity contribution in [3.8, 4) is 0 Å². The molecule has 238 valence electrons. The van der Waals surface area contributed by atoms with Gasteiger partial charge in [-0.25, -0.2) is 4.79 Å². The van der Waals surface area contributed by atoms with Crippen LogP contribution in [0.3, 0.4) is 0 Å². The molecule has 11 nitrogen and oxygen atoms in total. The van der Waals surface area contributed by atoms with Gasteiger partial charge in [0.15, 0.2) is 0 Å². The van der Waals surface area contributed by atoms with Crippen LogP contribution in [0.25, 0.3) is 11.0 Å². The third-order valence-corrected chi connectivity index (χ3v) is 9.25. The van der Waals surface area contributed by atoms with Gasteiger partial charge in [-0.3, -0.25) is 19.3 Å². The Hall–Kier alpha value is -4.74. The van der Waals surface area contributed by atoms with E-state index in [4.69, 9.17) is 9.15 Å². The van der Waals surface area contributed by atoms with Crippen molar-refractivity contribution in [1.29, 1.82) is 0 Å². The molecular weight excluding hydrogens is 586 g/mol. The Morgan fingerprint density at radius 3 is 2.61 bits per heavy atom. The number of carbonyl (C=O) groups is 2. The number of nitrogens with zero attached hydrogens (tertiary/aromatic N) is 3. The molecule has 5 heterocycles. The first-order valence-electron chi connectivity index (χ1n) is 15.9. The second kappa shape index (κ2) is 12.9. The lowest BCUT2D eigenvalue weighted by molar-refractivity contribution is 0.0374. The van der Waals surface area contributed by atoms with Crippen LogP contribution in [-0.4, -0.2) is 73.8 Å². The summed E-state index contributed by atoms with van der Waals surface area (Å²) in [6.07, 6.45) is 1.79. The fraction of sp³-hybridized carbons (Fsp3) is 0.371. The van der Waals surface area contributed by atoms with Crippen LogP contribution in [0.2, 0.25) is 0 Å². The fourth-order valence-electron chi connectivity index (χ4n) is 6.99. The molecule has 2 saturated heterocycles. The van der Waals surface area contributed by atoms with Gasteiger partial charge in [-0.1, -0.05) is 24.3 Å². The number of anilines is 2. The van der Waals surface area contributed by atoms with Crippen LogP contribution < -0.4 is 26.7 Å². The molecule has 11 heteroatoms. The van der Waals surface area contributed by atoms with E-state index < -0.39 is 11.5 Å². The quantitative estimate of drug-likeness (QED) is 0.226. The number of amides is 2. The monoisotopic (exact) mass is 623 g/mol. The third kappa shape index (κ3) is 6.20. The number of fused-ring (bicyclic) bond motifs is 5. The summed E-state index contributed by atoms with van der Waals surface area (Å²) in [7, 11) is 0. The van der Waals surface area contributed by atoms with Gasteiger partial charge in [-0.15, -0.1) is 0 Å². The molecule has 0 unspecified atom stereocenters. The number of benzene rings is 2. The van der Waals surface area contributed by atoms with E-state index in [9.17, 15) is 19.2 Å². The Balaban J connectivity index is 1.15. The molecule has 0 spiro atoms. The van der Waals surface area contributed by atoms with Crippen molar-refractivity contribution in [1.82, 2.24) is 14.8 Å². The molecule has 2 atom stereocenters. The minimum absolute atomic E-state index is 0.0168. The summed E-state index contributed by atoms with van der Waals surface area (Å²) in [5, 5.41) is 6.58. The number of rotatable bonds is 8. The van der Waals surface area contributed by atoms with E-state index in [2.05, 4.69) is 20.4 Å². The number of ether oxygens (including phenoxy) is 1. The van der Waals surface area contributed by atoms with Gasteiger partial charge < -0.3 is 29.3 Å². The summed E-state index contributed by atoms with van der Waals surface area (Å²) in [5.74, 6) is -0.459. The fourth-order valence-corrected chi connectivity index (χ4v) is 6.99.